The van der Waals surface area contributed by atoms with Crippen LogP contribution in [0.15, 0.2) is 0 Å². The first-order valence-corrected chi connectivity index (χ1v) is 5.87. The SMILES string of the molecule is CCCO[C@@H]1CC2[C@H]([C@]1(N)C(=O)O)[C@@]2(F)C(=O)O. The molecule has 2 aliphatic rings. The largest absolute Gasteiger partial charge is 0.480 e. The number of carbonyl (C=O) groups is 2. The molecule has 18 heavy (non-hydrogen) atoms. The number of carboxylic acid groups (broad SMARTS) is 2. The molecule has 1 unspecified atom stereocenters. The molecule has 2 rings (SSSR count). The van der Waals surface area contributed by atoms with Crippen LogP contribution in [0.25, 0.3) is 0 Å². The Kier molecular flexibility index (Phi) is 2.86. The molecular weight excluding hydrogens is 245 g/mol. The molecule has 0 spiro atoms. The van der Waals surface area contributed by atoms with Crippen molar-refractivity contribution >= 4 is 11.9 Å². The molecule has 0 heterocycles. The molecule has 0 saturated heterocycles. The fraction of sp³-hybridized carbons (Fsp3) is 0.818. The number of hydrogen-bond donors (Lipinski definition) is 3. The molecule has 2 aliphatic carbocycles. The Hall–Kier alpha value is -1.21. The van der Waals surface area contributed by atoms with Crippen molar-refractivity contribution in [3.05, 3.63) is 0 Å². The number of hydrogen-bond acceptors (Lipinski definition) is 4. The Morgan fingerprint density at radius 1 is 1.44 bits per heavy atom. The summed E-state index contributed by atoms with van der Waals surface area (Å²) in [5.41, 5.74) is 1.29. The summed E-state index contributed by atoms with van der Waals surface area (Å²) in [6.45, 7) is 2.17. The van der Waals surface area contributed by atoms with Gasteiger partial charge in [-0.05, 0) is 12.8 Å². The fourth-order valence-corrected chi connectivity index (χ4v) is 3.07. The molecule has 6 nitrogen and oxygen atoms in total. The number of ether oxygens (including phenoxy) is 1. The molecule has 0 aromatic rings. The van der Waals surface area contributed by atoms with Gasteiger partial charge in [-0.3, -0.25) is 4.79 Å². The lowest BCUT2D eigenvalue weighted by Crippen LogP contribution is -2.60. The van der Waals surface area contributed by atoms with Crippen LogP contribution in [0.3, 0.4) is 0 Å². The Balaban J connectivity index is 2.24. The molecular formula is C11H16FNO5. The van der Waals surface area contributed by atoms with Gasteiger partial charge < -0.3 is 20.7 Å². The van der Waals surface area contributed by atoms with E-state index in [1.807, 2.05) is 6.92 Å². The second kappa shape index (κ2) is 3.89. The van der Waals surface area contributed by atoms with E-state index in [1.54, 1.807) is 0 Å². The Morgan fingerprint density at radius 3 is 2.50 bits per heavy atom. The number of alkyl halides is 1. The van der Waals surface area contributed by atoms with Gasteiger partial charge >= 0.3 is 11.9 Å². The molecule has 4 N–H and O–H groups in total. The van der Waals surface area contributed by atoms with Crippen molar-refractivity contribution in [1.82, 2.24) is 0 Å². The molecule has 7 heteroatoms. The number of carboxylic acids is 2. The maximum atomic E-state index is 14.1. The smallest absolute Gasteiger partial charge is 0.342 e. The molecule has 2 fully saturated rings. The Bertz CT molecular complexity index is 403. The molecule has 102 valence electrons. The minimum Gasteiger partial charge on any atom is -0.480 e. The van der Waals surface area contributed by atoms with E-state index in [9.17, 15) is 19.1 Å². The summed E-state index contributed by atoms with van der Waals surface area (Å²) in [5.74, 6) is -5.11. The van der Waals surface area contributed by atoms with E-state index in [1.165, 1.54) is 0 Å². The molecule has 0 aromatic carbocycles. The number of fused-ring (bicyclic) bond motifs is 1. The third-order valence-corrected chi connectivity index (χ3v) is 4.02. The number of nitrogens with two attached hydrogens (primary N) is 1. The van der Waals surface area contributed by atoms with Crippen LogP contribution in [0.5, 0.6) is 0 Å². The second-order valence-corrected chi connectivity index (χ2v) is 4.99. The van der Waals surface area contributed by atoms with Gasteiger partial charge in [-0.2, -0.15) is 0 Å². The molecule has 0 amide bonds. The van der Waals surface area contributed by atoms with Crippen molar-refractivity contribution in [2.75, 3.05) is 6.61 Å². The van der Waals surface area contributed by atoms with E-state index in [0.717, 1.165) is 0 Å². The van der Waals surface area contributed by atoms with Gasteiger partial charge in [0.2, 0.25) is 5.67 Å². The van der Waals surface area contributed by atoms with Gasteiger partial charge in [-0.25, -0.2) is 9.18 Å². The van der Waals surface area contributed by atoms with Crippen molar-refractivity contribution < 1.29 is 28.9 Å². The average Bonchev–Trinajstić information content (AvgIpc) is 2.76. The van der Waals surface area contributed by atoms with E-state index in [2.05, 4.69) is 0 Å². The van der Waals surface area contributed by atoms with Crippen LogP contribution < -0.4 is 5.73 Å². The van der Waals surface area contributed by atoms with E-state index in [-0.39, 0.29) is 6.42 Å². The normalized spacial score (nSPS) is 45.6. The molecule has 0 aliphatic heterocycles. The fourth-order valence-electron chi connectivity index (χ4n) is 3.07. The molecule has 2 saturated carbocycles. The van der Waals surface area contributed by atoms with Crippen molar-refractivity contribution in [3.8, 4) is 0 Å². The quantitative estimate of drug-likeness (QED) is 0.643. The van der Waals surface area contributed by atoms with E-state index in [4.69, 9.17) is 15.6 Å². The summed E-state index contributed by atoms with van der Waals surface area (Å²) >= 11 is 0. The van der Waals surface area contributed by atoms with Crippen LogP contribution >= 0.6 is 0 Å². The summed E-state index contributed by atoms with van der Waals surface area (Å²) in [7, 11) is 0. The van der Waals surface area contributed by atoms with Gasteiger partial charge in [0.25, 0.3) is 0 Å². The summed E-state index contributed by atoms with van der Waals surface area (Å²) in [6.07, 6.45) is -0.106. The topological polar surface area (TPSA) is 110 Å². The lowest BCUT2D eigenvalue weighted by molar-refractivity contribution is -0.155. The Labute approximate surface area is 103 Å². The molecule has 0 bridgehead atoms. The standard InChI is InChI=1S/C11H16FNO5/c1-2-3-18-6-4-5-7(10(5,12)8(14)15)11(6,13)9(16)17/h5-7H,2-4,13H2,1H3,(H,14,15)(H,16,17)/t5?,6-,7+,10-,11+/m1/s1. The third-order valence-electron chi connectivity index (χ3n) is 4.02. The Morgan fingerprint density at radius 2 is 2.06 bits per heavy atom. The monoisotopic (exact) mass is 261 g/mol. The highest BCUT2D eigenvalue weighted by Crippen LogP contribution is 2.67. The summed E-state index contributed by atoms with van der Waals surface area (Å²) in [5, 5.41) is 18.0. The summed E-state index contributed by atoms with van der Waals surface area (Å²) in [6, 6.07) is 0. The molecule has 0 radical (unpaired) electrons. The summed E-state index contributed by atoms with van der Waals surface area (Å²) < 4.78 is 19.4. The van der Waals surface area contributed by atoms with Gasteiger partial charge in [-0.1, -0.05) is 6.92 Å². The van der Waals surface area contributed by atoms with E-state index in [0.29, 0.717) is 13.0 Å². The van der Waals surface area contributed by atoms with Gasteiger partial charge in [0.05, 0.1) is 6.10 Å². The zero-order valence-corrected chi connectivity index (χ0v) is 9.93. The predicted molar refractivity (Wildman–Crippen MR) is 57.7 cm³/mol. The van der Waals surface area contributed by atoms with Crippen LogP contribution in [-0.2, 0) is 14.3 Å². The highest BCUT2D eigenvalue weighted by Gasteiger charge is 2.85. The maximum absolute atomic E-state index is 14.1. The van der Waals surface area contributed by atoms with Crippen LogP contribution in [0.1, 0.15) is 19.8 Å². The minimum absolute atomic E-state index is 0.0380. The summed E-state index contributed by atoms with van der Waals surface area (Å²) in [4.78, 5) is 22.1. The van der Waals surface area contributed by atoms with Crippen LogP contribution in [0.4, 0.5) is 4.39 Å². The van der Waals surface area contributed by atoms with Gasteiger partial charge in [0.1, 0.15) is 5.54 Å². The third kappa shape index (κ3) is 1.40. The van der Waals surface area contributed by atoms with Gasteiger partial charge in [0, 0.05) is 18.4 Å². The van der Waals surface area contributed by atoms with Crippen molar-refractivity contribution in [2.24, 2.45) is 17.6 Å². The first-order chi connectivity index (χ1) is 8.31. The van der Waals surface area contributed by atoms with Crippen molar-refractivity contribution in [1.29, 1.82) is 0 Å². The highest BCUT2D eigenvalue weighted by molar-refractivity contribution is 5.90. The lowest BCUT2D eigenvalue weighted by Gasteiger charge is -2.31. The molecule has 5 atom stereocenters. The number of rotatable bonds is 5. The number of aliphatic carboxylic acids is 2. The lowest BCUT2D eigenvalue weighted by atomic mass is 9.88. The molecule has 0 aromatic heterocycles. The number of halogens is 1. The van der Waals surface area contributed by atoms with Gasteiger partial charge in [-0.15, -0.1) is 0 Å². The average molecular weight is 261 g/mol. The van der Waals surface area contributed by atoms with E-state index >= 15 is 0 Å². The maximum Gasteiger partial charge on any atom is 0.342 e. The predicted octanol–water partition coefficient (Wildman–Crippen LogP) is 0.00630. The first-order valence-electron chi connectivity index (χ1n) is 5.87. The van der Waals surface area contributed by atoms with Crippen molar-refractivity contribution in [2.45, 2.75) is 37.1 Å². The zero-order chi connectivity index (χ0) is 13.7. The highest BCUT2D eigenvalue weighted by atomic mass is 19.1. The van der Waals surface area contributed by atoms with Crippen LogP contribution in [0, 0.1) is 11.8 Å². The van der Waals surface area contributed by atoms with Crippen molar-refractivity contribution in [3.63, 3.8) is 0 Å². The zero-order valence-electron chi connectivity index (χ0n) is 9.93. The van der Waals surface area contributed by atoms with Gasteiger partial charge in [0.15, 0.2) is 0 Å². The van der Waals surface area contributed by atoms with E-state index < -0.39 is 41.1 Å². The van der Waals surface area contributed by atoms with Crippen LogP contribution in [-0.4, -0.2) is 46.1 Å². The van der Waals surface area contributed by atoms with Crippen LogP contribution in [0.2, 0.25) is 0 Å². The second-order valence-electron chi connectivity index (χ2n) is 4.99. The first kappa shape index (κ1) is 13.2. The minimum atomic E-state index is -2.51.